The van der Waals surface area contributed by atoms with E-state index in [0.717, 1.165) is 0 Å². The molecule has 0 fully saturated rings. The Bertz CT molecular complexity index is 110. The lowest BCUT2D eigenvalue weighted by Crippen LogP contribution is -2.10. The van der Waals surface area contributed by atoms with Crippen LogP contribution in [0.3, 0.4) is 0 Å². The smallest absolute Gasteiger partial charge is 0.187 e. The Hall–Kier alpha value is -0.540. The van der Waals surface area contributed by atoms with Crippen molar-refractivity contribution >= 4 is 0 Å². The van der Waals surface area contributed by atoms with E-state index in [9.17, 15) is 5.11 Å². The van der Waals surface area contributed by atoms with Crippen LogP contribution in [0, 0.1) is 5.92 Å². The third-order valence-electron chi connectivity index (χ3n) is 1.24. The molecule has 1 unspecified atom stereocenters. The van der Waals surface area contributed by atoms with Crippen LogP contribution in [0.5, 0.6) is 0 Å². The zero-order valence-corrected chi connectivity index (χ0v) is 7.28. The molecule has 0 bridgehead atoms. The molecule has 0 aromatic carbocycles. The molecule has 0 aliphatic carbocycles. The zero-order chi connectivity index (χ0) is 8.69. The summed E-state index contributed by atoms with van der Waals surface area (Å²) < 4.78 is 9.47. The minimum absolute atomic E-state index is 0.220. The molecule has 1 N–H and O–H groups in total. The maximum atomic E-state index is 9.22. The minimum Gasteiger partial charge on any atom is -0.475 e. The van der Waals surface area contributed by atoms with Crippen LogP contribution in [0.2, 0.25) is 0 Å². The maximum absolute atomic E-state index is 9.22. The van der Waals surface area contributed by atoms with Crippen molar-refractivity contribution in [1.82, 2.24) is 0 Å². The first-order chi connectivity index (χ1) is 5.18. The van der Waals surface area contributed by atoms with Gasteiger partial charge in [0, 0.05) is 7.11 Å². The van der Waals surface area contributed by atoms with Crippen molar-refractivity contribution in [3.8, 4) is 0 Å². The van der Waals surface area contributed by atoms with Gasteiger partial charge in [-0.3, -0.25) is 0 Å². The van der Waals surface area contributed by atoms with E-state index in [1.54, 1.807) is 13.2 Å². The van der Waals surface area contributed by atoms with Crippen LogP contribution in [-0.2, 0) is 9.47 Å². The third-order valence-corrected chi connectivity index (χ3v) is 1.24. The number of aliphatic hydroxyl groups excluding tert-OH is 1. The molecule has 0 aliphatic rings. The summed E-state index contributed by atoms with van der Waals surface area (Å²) in [5, 5.41) is 9.22. The molecule has 0 saturated carbocycles. The molecule has 0 radical (unpaired) electrons. The maximum Gasteiger partial charge on any atom is 0.187 e. The molecule has 0 rings (SSSR count). The molecule has 0 heterocycles. The molecule has 0 aromatic rings. The lowest BCUT2D eigenvalue weighted by Gasteiger charge is -2.08. The van der Waals surface area contributed by atoms with Crippen molar-refractivity contribution < 1.29 is 14.6 Å². The van der Waals surface area contributed by atoms with Gasteiger partial charge in [-0.25, -0.2) is 0 Å². The lowest BCUT2D eigenvalue weighted by atomic mass is 10.1. The summed E-state index contributed by atoms with van der Waals surface area (Å²) in [5.41, 5.74) is 0. The number of aliphatic hydroxyl groups is 1. The summed E-state index contributed by atoms with van der Waals surface area (Å²) in [6, 6.07) is 0. The first kappa shape index (κ1) is 10.5. The topological polar surface area (TPSA) is 38.7 Å². The second kappa shape index (κ2) is 6.19. The normalized spacial score (nSPS) is 14.3. The SMILES string of the molecule is COCO/C=C\C(O)C(C)C. The first-order valence-corrected chi connectivity index (χ1v) is 3.63. The second-order valence-corrected chi connectivity index (χ2v) is 2.64. The van der Waals surface area contributed by atoms with Crippen LogP contribution in [0.25, 0.3) is 0 Å². The van der Waals surface area contributed by atoms with Crippen molar-refractivity contribution in [3.63, 3.8) is 0 Å². The summed E-state index contributed by atoms with van der Waals surface area (Å²) in [4.78, 5) is 0. The van der Waals surface area contributed by atoms with Crippen LogP contribution in [-0.4, -0.2) is 25.1 Å². The Labute approximate surface area is 67.6 Å². The van der Waals surface area contributed by atoms with Crippen molar-refractivity contribution in [3.05, 3.63) is 12.3 Å². The van der Waals surface area contributed by atoms with Gasteiger partial charge in [0.05, 0.1) is 12.4 Å². The summed E-state index contributed by atoms with van der Waals surface area (Å²) >= 11 is 0. The van der Waals surface area contributed by atoms with E-state index >= 15 is 0 Å². The molecule has 66 valence electrons. The Kier molecular flexibility index (Phi) is 5.88. The molecule has 0 aromatic heterocycles. The fraction of sp³-hybridized carbons (Fsp3) is 0.750. The van der Waals surface area contributed by atoms with E-state index in [1.165, 1.54) is 6.26 Å². The Balaban J connectivity index is 3.40. The summed E-state index contributed by atoms with van der Waals surface area (Å²) in [6.07, 6.45) is 2.62. The van der Waals surface area contributed by atoms with E-state index in [-0.39, 0.29) is 12.7 Å². The molecule has 0 saturated heterocycles. The lowest BCUT2D eigenvalue weighted by molar-refractivity contribution is 0.0182. The highest BCUT2D eigenvalue weighted by Crippen LogP contribution is 2.01. The van der Waals surface area contributed by atoms with E-state index in [4.69, 9.17) is 4.74 Å². The van der Waals surface area contributed by atoms with Gasteiger partial charge in [0.2, 0.25) is 0 Å². The van der Waals surface area contributed by atoms with Crippen LogP contribution >= 0.6 is 0 Å². The summed E-state index contributed by atoms with van der Waals surface area (Å²) in [7, 11) is 1.55. The molecule has 11 heavy (non-hydrogen) atoms. The van der Waals surface area contributed by atoms with E-state index in [0.29, 0.717) is 0 Å². The Morgan fingerprint density at radius 2 is 2.09 bits per heavy atom. The Morgan fingerprint density at radius 3 is 2.55 bits per heavy atom. The molecule has 0 spiro atoms. The van der Waals surface area contributed by atoms with Gasteiger partial charge in [0.1, 0.15) is 0 Å². The van der Waals surface area contributed by atoms with Crippen molar-refractivity contribution in [2.75, 3.05) is 13.9 Å². The van der Waals surface area contributed by atoms with Gasteiger partial charge < -0.3 is 14.6 Å². The quantitative estimate of drug-likeness (QED) is 0.372. The average Bonchev–Trinajstić information content (AvgIpc) is 1.97. The summed E-state index contributed by atoms with van der Waals surface area (Å²) in [6.45, 7) is 4.10. The van der Waals surface area contributed by atoms with Crippen molar-refractivity contribution in [2.24, 2.45) is 5.92 Å². The highest BCUT2D eigenvalue weighted by Gasteiger charge is 2.02. The zero-order valence-electron chi connectivity index (χ0n) is 7.28. The summed E-state index contributed by atoms with van der Waals surface area (Å²) in [5.74, 6) is 0.220. The predicted molar refractivity (Wildman–Crippen MR) is 42.9 cm³/mol. The van der Waals surface area contributed by atoms with Gasteiger partial charge in [-0.05, 0) is 12.0 Å². The van der Waals surface area contributed by atoms with Crippen LogP contribution in [0.15, 0.2) is 12.3 Å². The Morgan fingerprint density at radius 1 is 1.45 bits per heavy atom. The van der Waals surface area contributed by atoms with Crippen LogP contribution < -0.4 is 0 Å². The van der Waals surface area contributed by atoms with Crippen LogP contribution in [0.4, 0.5) is 0 Å². The number of ether oxygens (including phenoxy) is 2. The van der Waals surface area contributed by atoms with Gasteiger partial charge in [0.15, 0.2) is 6.79 Å². The molecule has 3 heteroatoms. The van der Waals surface area contributed by atoms with Crippen LogP contribution in [0.1, 0.15) is 13.8 Å². The van der Waals surface area contributed by atoms with E-state index < -0.39 is 6.10 Å². The van der Waals surface area contributed by atoms with Gasteiger partial charge in [0.25, 0.3) is 0 Å². The first-order valence-electron chi connectivity index (χ1n) is 3.63. The molecule has 3 nitrogen and oxygen atoms in total. The molecule has 1 atom stereocenters. The predicted octanol–water partition coefficient (Wildman–Crippen LogP) is 1.14. The minimum atomic E-state index is -0.438. The standard InChI is InChI=1S/C8H16O3/c1-7(2)8(9)4-5-11-6-10-3/h4-5,7-9H,6H2,1-3H3/b5-4-. The highest BCUT2D eigenvalue weighted by molar-refractivity contribution is 4.84. The molecule has 0 amide bonds. The molecular formula is C8H16O3. The number of rotatable bonds is 5. The fourth-order valence-electron chi connectivity index (χ4n) is 0.466. The van der Waals surface area contributed by atoms with E-state index in [2.05, 4.69) is 4.74 Å². The second-order valence-electron chi connectivity index (χ2n) is 2.64. The third kappa shape index (κ3) is 5.88. The molecular weight excluding hydrogens is 144 g/mol. The van der Waals surface area contributed by atoms with Gasteiger partial charge in [-0.2, -0.15) is 0 Å². The highest BCUT2D eigenvalue weighted by atomic mass is 16.7. The molecule has 0 aliphatic heterocycles. The van der Waals surface area contributed by atoms with E-state index in [1.807, 2.05) is 13.8 Å². The number of hydrogen-bond donors (Lipinski definition) is 1. The fourth-order valence-corrected chi connectivity index (χ4v) is 0.466. The van der Waals surface area contributed by atoms with Gasteiger partial charge in [-0.15, -0.1) is 0 Å². The van der Waals surface area contributed by atoms with Crippen molar-refractivity contribution in [1.29, 1.82) is 0 Å². The number of hydrogen-bond acceptors (Lipinski definition) is 3. The average molecular weight is 160 g/mol. The van der Waals surface area contributed by atoms with Gasteiger partial charge >= 0.3 is 0 Å². The van der Waals surface area contributed by atoms with Crippen molar-refractivity contribution in [2.45, 2.75) is 20.0 Å². The number of methoxy groups -OCH3 is 1. The van der Waals surface area contributed by atoms with Gasteiger partial charge in [-0.1, -0.05) is 13.8 Å². The monoisotopic (exact) mass is 160 g/mol. The largest absolute Gasteiger partial charge is 0.475 e.